The number of methoxy groups -OCH3 is 1. The molecule has 2 amide bonds. The first kappa shape index (κ1) is 19.4. The maximum atomic E-state index is 13.3. The number of hydrogen-bond acceptors (Lipinski definition) is 5. The van der Waals surface area contributed by atoms with Gasteiger partial charge in [-0.05, 0) is 69.2 Å². The van der Waals surface area contributed by atoms with Gasteiger partial charge in [0.25, 0.3) is 5.91 Å². The average molecular weight is 426 g/mol. The third kappa shape index (κ3) is 3.12. The van der Waals surface area contributed by atoms with Gasteiger partial charge in [0.1, 0.15) is 11.5 Å². The summed E-state index contributed by atoms with van der Waals surface area (Å²) in [5.41, 5.74) is -0.157. The van der Waals surface area contributed by atoms with Crippen LogP contribution in [0.15, 0.2) is 18.2 Å². The predicted octanol–water partition coefficient (Wildman–Crippen LogP) is 2.16. The fourth-order valence-corrected chi connectivity index (χ4v) is 6.86. The zero-order valence-electron chi connectivity index (χ0n) is 18.1. The van der Waals surface area contributed by atoms with Gasteiger partial charge in [0.15, 0.2) is 5.72 Å². The topological polar surface area (TPSA) is 79.9 Å². The Morgan fingerprint density at radius 2 is 2.06 bits per heavy atom. The van der Waals surface area contributed by atoms with Gasteiger partial charge in [-0.1, -0.05) is 0 Å². The van der Waals surface area contributed by atoms with E-state index in [-0.39, 0.29) is 29.6 Å². The number of nitrogens with zero attached hydrogens (tertiary/aromatic N) is 1. The summed E-state index contributed by atoms with van der Waals surface area (Å²) in [6, 6.07) is 5.63. The number of carbonyl (C=O) groups excluding carboxylic acids is 2. The van der Waals surface area contributed by atoms with Gasteiger partial charge in [-0.3, -0.25) is 9.59 Å². The molecule has 31 heavy (non-hydrogen) atoms. The van der Waals surface area contributed by atoms with Crippen molar-refractivity contribution in [3.05, 3.63) is 23.8 Å². The molecular weight excluding hydrogens is 394 g/mol. The predicted molar refractivity (Wildman–Crippen MR) is 114 cm³/mol. The highest BCUT2D eigenvalue weighted by molar-refractivity contribution is 5.98. The van der Waals surface area contributed by atoms with Gasteiger partial charge in [0.05, 0.1) is 12.7 Å². The minimum atomic E-state index is -0.703. The summed E-state index contributed by atoms with van der Waals surface area (Å²) in [6.45, 7) is 3.35. The van der Waals surface area contributed by atoms with Gasteiger partial charge in [-0.25, -0.2) is 0 Å². The third-order valence-corrected chi connectivity index (χ3v) is 8.59. The van der Waals surface area contributed by atoms with E-state index >= 15 is 0 Å². The highest BCUT2D eigenvalue weighted by Crippen LogP contribution is 2.52. The van der Waals surface area contributed by atoms with E-state index in [0.29, 0.717) is 35.4 Å². The van der Waals surface area contributed by atoms with Gasteiger partial charge >= 0.3 is 0 Å². The Bertz CT molecular complexity index is 912. The minimum Gasteiger partial charge on any atom is -0.497 e. The van der Waals surface area contributed by atoms with E-state index in [9.17, 15) is 9.59 Å². The van der Waals surface area contributed by atoms with Crippen molar-refractivity contribution in [2.75, 3.05) is 26.7 Å². The Hall–Kier alpha value is -2.28. The Morgan fingerprint density at radius 3 is 2.74 bits per heavy atom. The molecule has 5 atom stereocenters. The third-order valence-electron chi connectivity index (χ3n) is 8.59. The highest BCUT2D eigenvalue weighted by atomic mass is 16.5. The molecule has 166 valence electrons. The van der Waals surface area contributed by atoms with Crippen LogP contribution in [0.5, 0.6) is 11.5 Å². The van der Waals surface area contributed by atoms with Gasteiger partial charge in [0, 0.05) is 36.9 Å². The average Bonchev–Trinajstić information content (AvgIpc) is 2.79. The van der Waals surface area contributed by atoms with Crippen molar-refractivity contribution in [3.63, 3.8) is 0 Å². The molecule has 4 heterocycles. The lowest BCUT2D eigenvalue weighted by Gasteiger charge is -2.55. The van der Waals surface area contributed by atoms with Gasteiger partial charge < -0.3 is 25.0 Å². The van der Waals surface area contributed by atoms with Crippen molar-refractivity contribution < 1.29 is 19.1 Å². The van der Waals surface area contributed by atoms with E-state index in [0.717, 1.165) is 25.8 Å². The second kappa shape index (κ2) is 7.12. The molecule has 4 bridgehead atoms. The number of piperidine rings is 3. The van der Waals surface area contributed by atoms with Gasteiger partial charge in [-0.2, -0.15) is 0 Å². The zero-order chi connectivity index (χ0) is 21.2. The molecule has 4 aliphatic heterocycles. The number of amides is 2. The lowest BCUT2D eigenvalue weighted by molar-refractivity contribution is -0.148. The summed E-state index contributed by atoms with van der Waals surface area (Å²) in [7, 11) is 1.61. The molecule has 1 aromatic rings. The molecule has 3 saturated carbocycles. The largest absolute Gasteiger partial charge is 0.497 e. The quantitative estimate of drug-likeness (QED) is 0.776. The summed E-state index contributed by atoms with van der Waals surface area (Å²) in [5, 5.41) is 6.59. The zero-order valence-corrected chi connectivity index (χ0v) is 18.1. The maximum absolute atomic E-state index is 13.3. The Morgan fingerprint density at radius 1 is 1.23 bits per heavy atom. The second-order valence-corrected chi connectivity index (χ2v) is 10.1. The van der Waals surface area contributed by atoms with Crippen LogP contribution in [-0.2, 0) is 4.79 Å². The molecule has 2 N–H and O–H groups in total. The van der Waals surface area contributed by atoms with Crippen molar-refractivity contribution >= 4 is 11.8 Å². The Labute approximate surface area is 182 Å². The molecule has 1 spiro atoms. The van der Waals surface area contributed by atoms with E-state index in [4.69, 9.17) is 9.47 Å². The molecular formula is C24H31N3O4. The van der Waals surface area contributed by atoms with Crippen LogP contribution in [0.25, 0.3) is 0 Å². The first-order valence-corrected chi connectivity index (χ1v) is 11.8. The monoisotopic (exact) mass is 425 g/mol. The van der Waals surface area contributed by atoms with Crippen molar-refractivity contribution in [3.8, 4) is 11.5 Å². The lowest BCUT2D eigenvalue weighted by Crippen LogP contribution is -2.67. The summed E-state index contributed by atoms with van der Waals surface area (Å²) in [4.78, 5) is 28.6. The van der Waals surface area contributed by atoms with Crippen LogP contribution in [0.1, 0.15) is 48.9 Å². The lowest BCUT2D eigenvalue weighted by atomic mass is 9.59. The number of fused-ring (bicyclic) bond motifs is 6. The van der Waals surface area contributed by atoms with E-state index < -0.39 is 5.72 Å². The van der Waals surface area contributed by atoms with Crippen molar-refractivity contribution in [2.45, 2.75) is 50.3 Å². The van der Waals surface area contributed by atoms with Crippen molar-refractivity contribution in [1.29, 1.82) is 0 Å². The number of hydrogen-bond donors (Lipinski definition) is 2. The van der Waals surface area contributed by atoms with Crippen LogP contribution in [-0.4, -0.2) is 55.2 Å². The van der Waals surface area contributed by atoms with Crippen LogP contribution in [0.4, 0.5) is 0 Å². The molecule has 1 aromatic carbocycles. The van der Waals surface area contributed by atoms with E-state index in [1.165, 1.54) is 25.9 Å². The number of carbonyl (C=O) groups is 2. The molecule has 0 radical (unpaired) electrons. The van der Waals surface area contributed by atoms with Crippen LogP contribution in [0.3, 0.4) is 0 Å². The summed E-state index contributed by atoms with van der Waals surface area (Å²) in [5.74, 6) is 2.42. The first-order valence-electron chi connectivity index (χ1n) is 11.8. The van der Waals surface area contributed by atoms with Crippen LogP contribution in [0, 0.1) is 23.7 Å². The van der Waals surface area contributed by atoms with Gasteiger partial charge in [0.2, 0.25) is 5.91 Å². The summed E-state index contributed by atoms with van der Waals surface area (Å²) < 4.78 is 11.8. The smallest absolute Gasteiger partial charge is 0.258 e. The molecule has 7 heteroatoms. The number of ether oxygens (including phenoxy) is 2. The normalized spacial score (nSPS) is 40.1. The number of benzene rings is 1. The van der Waals surface area contributed by atoms with E-state index in [1.54, 1.807) is 25.3 Å². The van der Waals surface area contributed by atoms with E-state index in [1.807, 2.05) is 0 Å². The SMILES string of the molecule is COc1ccc2c(c1)O[C@]1(C[C@H]3CC[C@H]1C[C@@H]3C(=O)N[C@@H]1CN3CCC1CC3)NC2=O. The minimum absolute atomic E-state index is 0.0204. The van der Waals surface area contributed by atoms with Crippen molar-refractivity contribution in [2.24, 2.45) is 23.7 Å². The van der Waals surface area contributed by atoms with Crippen LogP contribution in [0.2, 0.25) is 0 Å². The standard InChI is InChI=1S/C24H31N3O4/c1-30-17-4-5-18-21(11-17)31-24(26-23(18)29)12-15-2-3-16(24)10-19(15)22(28)25-20-13-27-8-6-14(20)7-9-27/h4-5,11,14-16,19-20H,2-3,6-10,12-13H2,1H3,(H,25,28)(H,26,29)/t15-,16+,19+,20-,24+/m1/s1. The molecule has 3 saturated heterocycles. The molecule has 3 aliphatic carbocycles. The Balaban J connectivity index is 1.19. The molecule has 0 aromatic heterocycles. The summed E-state index contributed by atoms with van der Waals surface area (Å²) >= 11 is 0. The van der Waals surface area contributed by atoms with Crippen LogP contribution >= 0.6 is 0 Å². The molecule has 7 nitrogen and oxygen atoms in total. The highest BCUT2D eigenvalue weighted by Gasteiger charge is 2.57. The first-order chi connectivity index (χ1) is 15.0. The Kier molecular flexibility index (Phi) is 4.46. The maximum Gasteiger partial charge on any atom is 0.258 e. The van der Waals surface area contributed by atoms with Crippen LogP contribution < -0.4 is 20.1 Å². The molecule has 8 rings (SSSR count). The molecule has 0 unspecified atom stereocenters. The van der Waals surface area contributed by atoms with Gasteiger partial charge in [-0.15, -0.1) is 0 Å². The fourth-order valence-electron chi connectivity index (χ4n) is 6.86. The molecule has 7 aliphatic rings. The molecule has 6 fully saturated rings. The number of nitrogens with one attached hydrogen (secondary N) is 2. The summed E-state index contributed by atoms with van der Waals surface area (Å²) in [6.07, 6.45) is 5.87. The van der Waals surface area contributed by atoms with Crippen molar-refractivity contribution in [1.82, 2.24) is 15.5 Å². The van der Waals surface area contributed by atoms with E-state index in [2.05, 4.69) is 15.5 Å². The fraction of sp³-hybridized carbons (Fsp3) is 0.667. The second-order valence-electron chi connectivity index (χ2n) is 10.1. The number of rotatable bonds is 3.